The van der Waals surface area contributed by atoms with Crippen molar-refractivity contribution in [2.75, 3.05) is 20.3 Å². The van der Waals surface area contributed by atoms with E-state index in [1.165, 1.54) is 7.11 Å². The molecule has 0 N–H and O–H groups in total. The zero-order valence-electron chi connectivity index (χ0n) is 8.85. The van der Waals surface area contributed by atoms with E-state index >= 15 is 0 Å². The van der Waals surface area contributed by atoms with E-state index < -0.39 is 5.41 Å². The van der Waals surface area contributed by atoms with Gasteiger partial charge in [0.2, 0.25) is 0 Å². The number of hydrogen-bond acceptors (Lipinski definition) is 3. The Morgan fingerprint density at radius 3 is 2.31 bits per heavy atom. The summed E-state index contributed by atoms with van der Waals surface area (Å²) in [5.41, 5.74) is -0.450. The van der Waals surface area contributed by atoms with Crippen LogP contribution in [0.15, 0.2) is 0 Å². The molecule has 0 spiro atoms. The molecule has 1 heterocycles. The minimum Gasteiger partial charge on any atom is -0.469 e. The van der Waals surface area contributed by atoms with Crippen molar-refractivity contribution in [3.05, 3.63) is 0 Å². The van der Waals surface area contributed by atoms with Gasteiger partial charge in [-0.1, -0.05) is 6.92 Å². The van der Waals surface area contributed by atoms with Crippen molar-refractivity contribution < 1.29 is 14.3 Å². The summed E-state index contributed by atoms with van der Waals surface area (Å²) in [6, 6.07) is 0. The quantitative estimate of drug-likeness (QED) is 0.628. The van der Waals surface area contributed by atoms with Crippen molar-refractivity contribution >= 4 is 5.97 Å². The first kappa shape index (κ1) is 10.5. The molecule has 0 radical (unpaired) electrons. The molecule has 0 aromatic heterocycles. The van der Waals surface area contributed by atoms with Gasteiger partial charge in [0.05, 0.1) is 25.7 Å². The standard InChI is InChI=1S/C10H18O3/c1-5-10(6-13-7-10)9(2,3)8(11)12-4/h5-7H2,1-4H3. The maximum atomic E-state index is 11.6. The molecule has 3 nitrogen and oxygen atoms in total. The third-order valence-corrected chi connectivity index (χ3v) is 3.46. The van der Waals surface area contributed by atoms with E-state index in [1.807, 2.05) is 13.8 Å². The van der Waals surface area contributed by atoms with Gasteiger partial charge in [-0.3, -0.25) is 4.79 Å². The Hall–Kier alpha value is -0.570. The average molecular weight is 186 g/mol. The van der Waals surface area contributed by atoms with E-state index in [9.17, 15) is 4.79 Å². The summed E-state index contributed by atoms with van der Waals surface area (Å²) in [5.74, 6) is -0.141. The van der Waals surface area contributed by atoms with E-state index in [1.54, 1.807) is 0 Å². The molecule has 13 heavy (non-hydrogen) atoms. The molecule has 0 amide bonds. The lowest BCUT2D eigenvalue weighted by molar-refractivity contribution is -0.200. The molecule has 1 aliphatic rings. The number of ether oxygens (including phenoxy) is 2. The molecule has 0 bridgehead atoms. The van der Waals surface area contributed by atoms with Gasteiger partial charge in [-0.15, -0.1) is 0 Å². The van der Waals surface area contributed by atoms with Crippen LogP contribution in [0.3, 0.4) is 0 Å². The van der Waals surface area contributed by atoms with Crippen LogP contribution in [0.2, 0.25) is 0 Å². The number of esters is 1. The third kappa shape index (κ3) is 1.35. The molecule has 0 atom stereocenters. The highest BCUT2D eigenvalue weighted by atomic mass is 16.5. The van der Waals surface area contributed by atoms with Gasteiger partial charge in [0.15, 0.2) is 0 Å². The van der Waals surface area contributed by atoms with Crippen molar-refractivity contribution in [2.24, 2.45) is 10.8 Å². The third-order valence-electron chi connectivity index (χ3n) is 3.46. The highest BCUT2D eigenvalue weighted by Crippen LogP contribution is 2.48. The van der Waals surface area contributed by atoms with Crippen LogP contribution in [0.4, 0.5) is 0 Å². The van der Waals surface area contributed by atoms with Gasteiger partial charge in [-0.25, -0.2) is 0 Å². The van der Waals surface area contributed by atoms with Gasteiger partial charge in [-0.05, 0) is 20.3 Å². The first-order valence-corrected chi connectivity index (χ1v) is 4.66. The Kier molecular flexibility index (Phi) is 2.66. The molecular weight excluding hydrogens is 168 g/mol. The monoisotopic (exact) mass is 186 g/mol. The summed E-state index contributed by atoms with van der Waals surface area (Å²) in [5, 5.41) is 0. The highest BCUT2D eigenvalue weighted by Gasteiger charge is 2.54. The fourth-order valence-corrected chi connectivity index (χ4v) is 1.83. The largest absolute Gasteiger partial charge is 0.469 e. The SMILES string of the molecule is CCC1(C(C)(C)C(=O)OC)COC1. The van der Waals surface area contributed by atoms with Crippen molar-refractivity contribution in [1.29, 1.82) is 0 Å². The Balaban J connectivity index is 2.83. The van der Waals surface area contributed by atoms with Gasteiger partial charge in [0.1, 0.15) is 0 Å². The molecule has 1 saturated heterocycles. The molecular formula is C10H18O3. The summed E-state index contributed by atoms with van der Waals surface area (Å²) in [6.07, 6.45) is 0.953. The fraction of sp³-hybridized carbons (Fsp3) is 0.900. The molecule has 0 aliphatic carbocycles. The van der Waals surface area contributed by atoms with E-state index in [2.05, 4.69) is 6.92 Å². The zero-order chi connectivity index (χ0) is 10.1. The van der Waals surface area contributed by atoms with Crippen LogP contribution in [0.1, 0.15) is 27.2 Å². The first-order chi connectivity index (χ1) is 6.00. The van der Waals surface area contributed by atoms with E-state index in [-0.39, 0.29) is 11.4 Å². The first-order valence-electron chi connectivity index (χ1n) is 4.66. The number of methoxy groups -OCH3 is 1. The van der Waals surface area contributed by atoms with E-state index in [0.29, 0.717) is 13.2 Å². The van der Waals surface area contributed by atoms with Crippen molar-refractivity contribution in [3.8, 4) is 0 Å². The summed E-state index contributed by atoms with van der Waals surface area (Å²) in [7, 11) is 1.44. The van der Waals surface area contributed by atoms with Gasteiger partial charge >= 0.3 is 5.97 Å². The molecule has 1 aliphatic heterocycles. The number of rotatable bonds is 3. The van der Waals surface area contributed by atoms with Crippen LogP contribution in [0.25, 0.3) is 0 Å². The lowest BCUT2D eigenvalue weighted by Gasteiger charge is -2.50. The lowest BCUT2D eigenvalue weighted by Crippen LogP contribution is -2.56. The minimum atomic E-state index is -0.436. The van der Waals surface area contributed by atoms with Gasteiger partial charge in [-0.2, -0.15) is 0 Å². The Morgan fingerprint density at radius 1 is 1.54 bits per heavy atom. The fourth-order valence-electron chi connectivity index (χ4n) is 1.83. The molecule has 1 fully saturated rings. The summed E-state index contributed by atoms with van der Waals surface area (Å²) < 4.78 is 10.0. The van der Waals surface area contributed by atoms with Crippen LogP contribution in [0, 0.1) is 10.8 Å². The predicted octanol–water partition coefficient (Wildman–Crippen LogP) is 1.61. The normalized spacial score (nSPS) is 20.6. The second-order valence-electron chi connectivity index (χ2n) is 4.24. The van der Waals surface area contributed by atoms with Gasteiger partial charge < -0.3 is 9.47 Å². The Labute approximate surface area is 79.4 Å². The topological polar surface area (TPSA) is 35.5 Å². The Bertz CT molecular complexity index is 199. The molecule has 1 rings (SSSR count). The zero-order valence-corrected chi connectivity index (χ0v) is 8.85. The molecule has 3 heteroatoms. The second-order valence-corrected chi connectivity index (χ2v) is 4.24. The number of carbonyl (C=O) groups excluding carboxylic acids is 1. The lowest BCUT2D eigenvalue weighted by atomic mass is 9.62. The van der Waals surface area contributed by atoms with Crippen LogP contribution >= 0.6 is 0 Å². The maximum absolute atomic E-state index is 11.6. The van der Waals surface area contributed by atoms with Crippen molar-refractivity contribution in [2.45, 2.75) is 27.2 Å². The van der Waals surface area contributed by atoms with Crippen LogP contribution in [0.5, 0.6) is 0 Å². The van der Waals surface area contributed by atoms with Crippen LogP contribution < -0.4 is 0 Å². The summed E-state index contributed by atoms with van der Waals surface area (Å²) >= 11 is 0. The summed E-state index contributed by atoms with van der Waals surface area (Å²) in [6.45, 7) is 7.31. The molecule has 0 unspecified atom stereocenters. The highest BCUT2D eigenvalue weighted by molar-refractivity contribution is 5.77. The van der Waals surface area contributed by atoms with Gasteiger partial charge in [0.25, 0.3) is 0 Å². The second kappa shape index (κ2) is 3.29. The van der Waals surface area contributed by atoms with E-state index in [4.69, 9.17) is 9.47 Å². The number of hydrogen-bond donors (Lipinski definition) is 0. The molecule has 0 aromatic carbocycles. The predicted molar refractivity (Wildman–Crippen MR) is 49.3 cm³/mol. The van der Waals surface area contributed by atoms with Crippen LogP contribution in [-0.2, 0) is 14.3 Å². The van der Waals surface area contributed by atoms with Crippen molar-refractivity contribution in [3.63, 3.8) is 0 Å². The summed E-state index contributed by atoms with van der Waals surface area (Å²) in [4.78, 5) is 11.6. The molecule has 76 valence electrons. The minimum absolute atomic E-state index is 0.0138. The maximum Gasteiger partial charge on any atom is 0.311 e. The average Bonchev–Trinajstić information content (AvgIpc) is 2.01. The van der Waals surface area contributed by atoms with Crippen molar-refractivity contribution in [1.82, 2.24) is 0 Å². The van der Waals surface area contributed by atoms with Gasteiger partial charge in [0, 0.05) is 5.41 Å². The Morgan fingerprint density at radius 2 is 2.08 bits per heavy atom. The van der Waals surface area contributed by atoms with E-state index in [0.717, 1.165) is 6.42 Å². The van der Waals surface area contributed by atoms with Crippen LogP contribution in [-0.4, -0.2) is 26.3 Å². The smallest absolute Gasteiger partial charge is 0.311 e. The number of carbonyl (C=O) groups is 1. The molecule has 0 saturated carbocycles. The molecule has 0 aromatic rings.